The summed E-state index contributed by atoms with van der Waals surface area (Å²) in [6, 6.07) is 8.05. The van der Waals surface area contributed by atoms with Gasteiger partial charge < -0.3 is 4.74 Å². The minimum Gasteiger partial charge on any atom is -0.496 e. The van der Waals surface area contributed by atoms with Crippen LogP contribution in [0.15, 0.2) is 29.6 Å². The van der Waals surface area contributed by atoms with Gasteiger partial charge in [-0.3, -0.25) is 10.00 Å². The van der Waals surface area contributed by atoms with Gasteiger partial charge in [0.2, 0.25) is 4.77 Å². The zero-order valence-corrected chi connectivity index (χ0v) is 16.9. The smallest absolute Gasteiger partial charge is 0.217 e. The summed E-state index contributed by atoms with van der Waals surface area (Å²) in [4.78, 5) is 8.41. The lowest BCUT2D eigenvalue weighted by Crippen LogP contribution is -2.35. The Kier molecular flexibility index (Phi) is 4.88. The van der Waals surface area contributed by atoms with E-state index in [-0.39, 0.29) is 0 Å². The number of nitrogens with one attached hydrogen (secondary N) is 1. The first-order valence-corrected chi connectivity index (χ1v) is 10.0. The van der Waals surface area contributed by atoms with E-state index >= 15 is 0 Å². The summed E-state index contributed by atoms with van der Waals surface area (Å²) in [7, 11) is 1.63. The van der Waals surface area contributed by atoms with Crippen LogP contribution >= 0.6 is 35.2 Å². The monoisotopic (exact) mass is 406 g/mol. The minimum absolute atomic E-state index is 0.361. The second kappa shape index (κ2) is 7.15. The Balaban J connectivity index is 1.62. The number of rotatable bonds is 4. The van der Waals surface area contributed by atoms with Crippen LogP contribution in [0.4, 0.5) is 0 Å². The maximum atomic E-state index is 6.14. The number of thiophene rings is 1. The van der Waals surface area contributed by atoms with E-state index in [0.717, 1.165) is 18.5 Å². The molecule has 4 rings (SSSR count). The van der Waals surface area contributed by atoms with Crippen LogP contribution in [0.1, 0.15) is 23.4 Å². The highest BCUT2D eigenvalue weighted by Gasteiger charge is 2.25. The third kappa shape index (κ3) is 3.20. The topological polar surface area (TPSA) is 46.1 Å². The van der Waals surface area contributed by atoms with E-state index < -0.39 is 0 Å². The molecule has 1 N–H and O–H groups in total. The molecule has 1 aromatic carbocycles. The first-order chi connectivity index (χ1) is 12.6. The Bertz CT molecular complexity index is 993. The molecule has 0 saturated heterocycles. The third-order valence-electron chi connectivity index (χ3n) is 4.82. The molecule has 3 aromatic rings. The second-order valence-electron chi connectivity index (χ2n) is 6.31. The van der Waals surface area contributed by atoms with Gasteiger partial charge in [0, 0.05) is 22.5 Å². The molecular formula is C18H19ClN4OS2. The van der Waals surface area contributed by atoms with Gasteiger partial charge in [-0.05, 0) is 60.8 Å². The van der Waals surface area contributed by atoms with Gasteiger partial charge in [0.15, 0.2) is 5.82 Å². The maximum absolute atomic E-state index is 6.14. The molecule has 26 heavy (non-hydrogen) atoms. The Morgan fingerprint density at radius 2 is 2.27 bits per heavy atom. The van der Waals surface area contributed by atoms with Crippen LogP contribution in [0.5, 0.6) is 5.75 Å². The normalized spacial score (nSPS) is 17.3. The standard InChI is InChI=1S/C18H19ClN4OS2/c1-11-13-6-8-26-16(13)5-7-22(11)10-23-18(25)20-17(21-23)14-9-12(19)3-4-15(14)24-2/h3-4,6,8-9,11H,5,7,10H2,1-2H3,(H,20,21,25). The molecule has 0 radical (unpaired) electrons. The summed E-state index contributed by atoms with van der Waals surface area (Å²) in [6.45, 7) is 3.92. The van der Waals surface area contributed by atoms with Crippen LogP contribution in [-0.2, 0) is 13.1 Å². The lowest BCUT2D eigenvalue weighted by atomic mass is 10.0. The summed E-state index contributed by atoms with van der Waals surface area (Å²) < 4.78 is 7.85. The van der Waals surface area contributed by atoms with Gasteiger partial charge in [-0.2, -0.15) is 4.98 Å². The molecule has 1 aliphatic rings. The first kappa shape index (κ1) is 17.7. The van der Waals surface area contributed by atoms with Crippen LogP contribution in [-0.4, -0.2) is 33.3 Å². The predicted octanol–water partition coefficient (Wildman–Crippen LogP) is 4.91. The van der Waals surface area contributed by atoms with Gasteiger partial charge in [-0.25, -0.2) is 4.68 Å². The Hall–Kier alpha value is -1.67. The van der Waals surface area contributed by atoms with E-state index in [1.54, 1.807) is 13.2 Å². The highest BCUT2D eigenvalue weighted by molar-refractivity contribution is 7.71. The van der Waals surface area contributed by atoms with Crippen molar-refractivity contribution in [3.8, 4) is 17.1 Å². The van der Waals surface area contributed by atoms with Crippen LogP contribution in [0, 0.1) is 4.77 Å². The second-order valence-corrected chi connectivity index (χ2v) is 8.11. The summed E-state index contributed by atoms with van der Waals surface area (Å²) >= 11 is 13.5. The van der Waals surface area contributed by atoms with Crippen molar-refractivity contribution in [2.45, 2.75) is 26.1 Å². The summed E-state index contributed by atoms with van der Waals surface area (Å²) in [5, 5.41) is 6.11. The first-order valence-electron chi connectivity index (χ1n) is 8.38. The van der Waals surface area contributed by atoms with Crippen molar-refractivity contribution in [2.24, 2.45) is 0 Å². The van der Waals surface area contributed by atoms with Gasteiger partial charge in [-0.15, -0.1) is 11.3 Å². The zero-order chi connectivity index (χ0) is 18.3. The highest BCUT2D eigenvalue weighted by atomic mass is 35.5. The Morgan fingerprint density at radius 3 is 3.08 bits per heavy atom. The molecule has 1 aliphatic heterocycles. The minimum atomic E-state index is 0.361. The van der Waals surface area contributed by atoms with Crippen molar-refractivity contribution in [1.82, 2.24) is 19.7 Å². The van der Waals surface area contributed by atoms with Crippen molar-refractivity contribution < 1.29 is 4.74 Å². The van der Waals surface area contributed by atoms with Crippen molar-refractivity contribution in [1.29, 1.82) is 0 Å². The zero-order valence-electron chi connectivity index (χ0n) is 14.5. The summed E-state index contributed by atoms with van der Waals surface area (Å²) in [5.74, 6) is 1.37. The molecule has 2 aromatic heterocycles. The number of hydrogen-bond donors (Lipinski definition) is 1. The molecule has 8 heteroatoms. The van der Waals surface area contributed by atoms with Crippen molar-refractivity contribution in [3.05, 3.63) is 49.9 Å². The lowest BCUT2D eigenvalue weighted by molar-refractivity contribution is 0.144. The van der Waals surface area contributed by atoms with Crippen molar-refractivity contribution in [2.75, 3.05) is 13.7 Å². The van der Waals surface area contributed by atoms with Crippen LogP contribution < -0.4 is 4.74 Å². The molecule has 0 bridgehead atoms. The molecule has 0 amide bonds. The average Bonchev–Trinajstić information content (AvgIpc) is 3.25. The average molecular weight is 407 g/mol. The Morgan fingerprint density at radius 1 is 1.42 bits per heavy atom. The molecule has 1 unspecified atom stereocenters. The number of nitrogens with zero attached hydrogens (tertiary/aromatic N) is 3. The van der Waals surface area contributed by atoms with Crippen LogP contribution in [0.2, 0.25) is 5.02 Å². The van der Waals surface area contributed by atoms with Crippen molar-refractivity contribution in [3.63, 3.8) is 0 Å². The van der Waals surface area contributed by atoms with Crippen molar-refractivity contribution >= 4 is 35.2 Å². The molecule has 0 saturated carbocycles. The van der Waals surface area contributed by atoms with Crippen LogP contribution in [0.3, 0.4) is 0 Å². The molecule has 0 fully saturated rings. The highest BCUT2D eigenvalue weighted by Crippen LogP contribution is 2.33. The molecule has 1 atom stereocenters. The number of ether oxygens (including phenoxy) is 1. The summed E-state index contributed by atoms with van der Waals surface area (Å²) in [6.07, 6.45) is 1.08. The van der Waals surface area contributed by atoms with E-state index in [9.17, 15) is 0 Å². The van der Waals surface area contributed by atoms with Gasteiger partial charge in [0.25, 0.3) is 0 Å². The molecule has 0 aliphatic carbocycles. The van der Waals surface area contributed by atoms with Gasteiger partial charge in [0.05, 0.1) is 19.3 Å². The SMILES string of the molecule is COc1ccc(Cl)cc1-c1nc(=S)n(CN2CCc3sccc3C2C)[nH]1. The van der Waals surface area contributed by atoms with Gasteiger partial charge in [-0.1, -0.05) is 11.6 Å². The maximum Gasteiger partial charge on any atom is 0.217 e. The lowest BCUT2D eigenvalue weighted by Gasteiger charge is -2.33. The third-order valence-corrected chi connectivity index (χ3v) is 6.37. The van der Waals surface area contributed by atoms with E-state index in [2.05, 4.69) is 33.4 Å². The van der Waals surface area contributed by atoms with Gasteiger partial charge >= 0.3 is 0 Å². The number of H-pyrrole nitrogens is 1. The number of benzene rings is 1. The van der Waals surface area contributed by atoms with E-state index in [1.165, 1.54) is 10.4 Å². The quantitative estimate of drug-likeness (QED) is 0.625. The molecule has 0 spiro atoms. The molecular weight excluding hydrogens is 388 g/mol. The fourth-order valence-corrected chi connectivity index (χ4v) is 4.70. The number of hydrogen-bond acceptors (Lipinski definition) is 5. The number of methoxy groups -OCH3 is 1. The molecule has 5 nitrogen and oxygen atoms in total. The summed E-state index contributed by atoms with van der Waals surface area (Å²) in [5.41, 5.74) is 2.22. The Labute approximate surface area is 166 Å². The number of halogens is 1. The van der Waals surface area contributed by atoms with E-state index in [1.807, 2.05) is 28.2 Å². The van der Waals surface area contributed by atoms with E-state index in [0.29, 0.717) is 34.1 Å². The molecule has 136 valence electrons. The number of aromatic nitrogens is 3. The number of fused-ring (bicyclic) bond motifs is 1. The fraction of sp³-hybridized carbons (Fsp3) is 0.333. The predicted molar refractivity (Wildman–Crippen MR) is 108 cm³/mol. The number of aromatic amines is 1. The largest absolute Gasteiger partial charge is 0.496 e. The molecule has 3 heterocycles. The van der Waals surface area contributed by atoms with Gasteiger partial charge in [0.1, 0.15) is 5.75 Å². The fourth-order valence-electron chi connectivity index (χ4n) is 3.37. The van der Waals surface area contributed by atoms with E-state index in [4.69, 9.17) is 28.6 Å². The van der Waals surface area contributed by atoms with Crippen LogP contribution in [0.25, 0.3) is 11.4 Å².